The maximum absolute atomic E-state index is 6.65. The Bertz CT molecular complexity index is 2860. The average molecular weight is 642 g/mol. The van der Waals surface area contributed by atoms with Gasteiger partial charge < -0.3 is 8.83 Å². The van der Waals surface area contributed by atoms with Gasteiger partial charge in [0.05, 0.1) is 11.1 Å². The molecule has 0 unspecified atom stereocenters. The molecule has 50 heavy (non-hydrogen) atoms. The Morgan fingerprint density at radius 2 is 0.780 bits per heavy atom. The van der Waals surface area contributed by atoms with E-state index in [-0.39, 0.29) is 0 Å². The Labute approximate surface area is 287 Å². The molecular weight excluding hydrogens is 615 g/mol. The van der Waals surface area contributed by atoms with E-state index in [1.807, 2.05) is 84.9 Å². The average Bonchev–Trinajstić information content (AvgIpc) is 3.78. The van der Waals surface area contributed by atoms with Gasteiger partial charge in [0.25, 0.3) is 0 Å². The van der Waals surface area contributed by atoms with Gasteiger partial charge in [0.1, 0.15) is 22.3 Å². The molecule has 10 aromatic rings. The van der Waals surface area contributed by atoms with Gasteiger partial charge in [-0.2, -0.15) is 0 Å². The summed E-state index contributed by atoms with van der Waals surface area (Å²) >= 11 is 0. The van der Waals surface area contributed by atoms with Crippen LogP contribution in [0.15, 0.2) is 173 Å². The Balaban J connectivity index is 1.24. The minimum Gasteiger partial charge on any atom is -0.455 e. The van der Waals surface area contributed by atoms with Crippen LogP contribution < -0.4 is 0 Å². The number of hydrogen-bond acceptors (Lipinski definition) is 5. The SMILES string of the molecule is c1ccc(-c2nc(-c3cccc4c3oc3cccc(-c5ccccc5)c34)nc(-c3ccc(-c4ccccc4)c4c3oc3ccccc34)n2)cc1. The van der Waals surface area contributed by atoms with Gasteiger partial charge in [-0.25, -0.2) is 15.0 Å². The maximum Gasteiger partial charge on any atom is 0.167 e. The van der Waals surface area contributed by atoms with Crippen molar-refractivity contribution in [2.45, 2.75) is 0 Å². The van der Waals surface area contributed by atoms with Crippen molar-refractivity contribution < 1.29 is 8.83 Å². The topological polar surface area (TPSA) is 65.0 Å². The molecule has 0 aliphatic heterocycles. The summed E-state index contributed by atoms with van der Waals surface area (Å²) in [6.45, 7) is 0. The van der Waals surface area contributed by atoms with Crippen molar-refractivity contribution in [1.29, 1.82) is 0 Å². The highest BCUT2D eigenvalue weighted by Gasteiger charge is 2.22. The summed E-state index contributed by atoms with van der Waals surface area (Å²) < 4.78 is 13.3. The lowest BCUT2D eigenvalue weighted by Crippen LogP contribution is -2.00. The third-order valence-corrected chi connectivity index (χ3v) is 9.37. The normalized spacial score (nSPS) is 11.6. The van der Waals surface area contributed by atoms with Gasteiger partial charge in [0.2, 0.25) is 0 Å². The third kappa shape index (κ3) is 4.52. The summed E-state index contributed by atoms with van der Waals surface area (Å²) in [5.74, 6) is 1.62. The van der Waals surface area contributed by atoms with Gasteiger partial charge in [0.15, 0.2) is 17.5 Å². The summed E-state index contributed by atoms with van der Waals surface area (Å²) in [5, 5.41) is 4.14. The van der Waals surface area contributed by atoms with Crippen LogP contribution in [-0.4, -0.2) is 15.0 Å². The number of benzene rings is 7. The minimum absolute atomic E-state index is 0.524. The van der Waals surface area contributed by atoms with E-state index in [0.717, 1.165) is 82.8 Å². The third-order valence-electron chi connectivity index (χ3n) is 9.37. The van der Waals surface area contributed by atoms with E-state index < -0.39 is 0 Å². The van der Waals surface area contributed by atoms with Crippen molar-refractivity contribution >= 4 is 43.9 Å². The van der Waals surface area contributed by atoms with Crippen LogP contribution in [0.4, 0.5) is 0 Å². The summed E-state index contributed by atoms with van der Waals surface area (Å²) in [5.41, 5.74) is 10.0. The van der Waals surface area contributed by atoms with Gasteiger partial charge in [-0.15, -0.1) is 0 Å². The second-order valence-corrected chi connectivity index (χ2v) is 12.3. The minimum atomic E-state index is 0.524. The summed E-state index contributed by atoms with van der Waals surface area (Å²) in [6.07, 6.45) is 0. The molecule has 0 amide bonds. The highest BCUT2D eigenvalue weighted by atomic mass is 16.3. The molecule has 0 atom stereocenters. The van der Waals surface area contributed by atoms with E-state index in [9.17, 15) is 0 Å². The van der Waals surface area contributed by atoms with E-state index >= 15 is 0 Å². The van der Waals surface area contributed by atoms with Crippen LogP contribution in [0.3, 0.4) is 0 Å². The zero-order chi connectivity index (χ0) is 33.0. The first-order valence-corrected chi connectivity index (χ1v) is 16.6. The quantitative estimate of drug-likeness (QED) is 0.187. The summed E-state index contributed by atoms with van der Waals surface area (Å²) in [7, 11) is 0. The number of nitrogens with zero attached hydrogens (tertiary/aromatic N) is 3. The van der Waals surface area contributed by atoms with Crippen LogP contribution in [0.2, 0.25) is 0 Å². The molecule has 234 valence electrons. The lowest BCUT2D eigenvalue weighted by Gasteiger charge is -2.11. The van der Waals surface area contributed by atoms with E-state index in [1.165, 1.54) is 0 Å². The Kier molecular flexibility index (Phi) is 6.42. The van der Waals surface area contributed by atoms with Crippen molar-refractivity contribution in [2.75, 3.05) is 0 Å². The fraction of sp³-hybridized carbons (Fsp3) is 0. The van der Waals surface area contributed by atoms with Gasteiger partial charge >= 0.3 is 0 Å². The molecule has 0 N–H and O–H groups in total. The van der Waals surface area contributed by atoms with Crippen LogP contribution in [0.5, 0.6) is 0 Å². The maximum atomic E-state index is 6.65. The molecule has 3 heterocycles. The van der Waals surface area contributed by atoms with Crippen molar-refractivity contribution in [1.82, 2.24) is 15.0 Å². The first-order valence-electron chi connectivity index (χ1n) is 16.6. The number of rotatable bonds is 5. The molecule has 0 radical (unpaired) electrons. The van der Waals surface area contributed by atoms with Crippen LogP contribution in [0.1, 0.15) is 0 Å². The molecule has 0 fully saturated rings. The standard InChI is InChI=1S/C45H27N3O2/c1-4-14-28(15-5-1)31-21-13-25-38-39(31)34-22-12-23-35(41(34)50-38)44-46-43(30-18-8-3-9-19-30)47-45(48-44)36-27-26-32(29-16-6-2-7-17-29)40-33-20-10-11-24-37(33)49-42(36)40/h1-27H. The number of furan rings is 2. The Morgan fingerprint density at radius 1 is 0.300 bits per heavy atom. The highest BCUT2D eigenvalue weighted by Crippen LogP contribution is 2.43. The molecule has 0 bridgehead atoms. The zero-order valence-electron chi connectivity index (χ0n) is 26.7. The van der Waals surface area contributed by atoms with Crippen LogP contribution in [0.25, 0.3) is 100 Å². The van der Waals surface area contributed by atoms with Crippen LogP contribution in [0, 0.1) is 0 Å². The summed E-state index contributed by atoms with van der Waals surface area (Å²) in [4.78, 5) is 15.3. The van der Waals surface area contributed by atoms with Crippen molar-refractivity contribution in [3.63, 3.8) is 0 Å². The predicted octanol–water partition coefficient (Wildman–Crippen LogP) is 12.0. The first-order chi connectivity index (χ1) is 24.8. The lowest BCUT2D eigenvalue weighted by atomic mass is 9.97. The Hall–Kier alpha value is -6.85. The molecule has 0 spiro atoms. The second kappa shape index (κ2) is 11.4. The van der Waals surface area contributed by atoms with Crippen molar-refractivity contribution in [2.24, 2.45) is 0 Å². The van der Waals surface area contributed by atoms with Crippen molar-refractivity contribution in [3.05, 3.63) is 164 Å². The number of hydrogen-bond donors (Lipinski definition) is 0. The zero-order valence-corrected chi connectivity index (χ0v) is 26.7. The van der Waals surface area contributed by atoms with Crippen molar-refractivity contribution in [3.8, 4) is 56.4 Å². The van der Waals surface area contributed by atoms with E-state index in [1.54, 1.807) is 0 Å². The number of fused-ring (bicyclic) bond motifs is 6. The molecule has 0 aliphatic rings. The smallest absolute Gasteiger partial charge is 0.167 e. The van der Waals surface area contributed by atoms with Crippen LogP contribution in [-0.2, 0) is 0 Å². The van der Waals surface area contributed by atoms with E-state index in [2.05, 4.69) is 78.9 Å². The molecule has 3 aromatic heterocycles. The molecule has 5 heteroatoms. The predicted molar refractivity (Wildman–Crippen MR) is 202 cm³/mol. The van der Waals surface area contributed by atoms with Crippen LogP contribution >= 0.6 is 0 Å². The summed E-state index contributed by atoms with van der Waals surface area (Å²) in [6, 6.07) is 55.6. The number of para-hydroxylation sites is 2. The fourth-order valence-corrected chi connectivity index (χ4v) is 7.08. The molecule has 0 aliphatic carbocycles. The molecular formula is C45H27N3O2. The second-order valence-electron chi connectivity index (χ2n) is 12.3. The highest BCUT2D eigenvalue weighted by molar-refractivity contribution is 6.17. The fourth-order valence-electron chi connectivity index (χ4n) is 7.08. The van der Waals surface area contributed by atoms with Gasteiger partial charge in [-0.3, -0.25) is 0 Å². The van der Waals surface area contributed by atoms with Gasteiger partial charge in [0, 0.05) is 27.1 Å². The molecule has 10 rings (SSSR count). The number of aromatic nitrogens is 3. The van der Waals surface area contributed by atoms with Gasteiger partial charge in [-0.1, -0.05) is 140 Å². The monoisotopic (exact) mass is 641 g/mol. The lowest BCUT2D eigenvalue weighted by molar-refractivity contribution is 0.669. The van der Waals surface area contributed by atoms with Gasteiger partial charge in [-0.05, 0) is 46.5 Å². The van der Waals surface area contributed by atoms with E-state index in [0.29, 0.717) is 17.5 Å². The first kappa shape index (κ1) is 28.2. The largest absolute Gasteiger partial charge is 0.455 e. The molecule has 5 nitrogen and oxygen atoms in total. The molecule has 0 saturated heterocycles. The molecule has 0 saturated carbocycles. The molecule has 7 aromatic carbocycles. The Morgan fingerprint density at radius 3 is 1.50 bits per heavy atom. The van der Waals surface area contributed by atoms with E-state index in [4.69, 9.17) is 23.8 Å².